The summed E-state index contributed by atoms with van der Waals surface area (Å²) in [5, 5.41) is 3.09. The number of para-hydroxylation sites is 1. The summed E-state index contributed by atoms with van der Waals surface area (Å²) in [6.07, 6.45) is 2.04. The summed E-state index contributed by atoms with van der Waals surface area (Å²) in [4.78, 5) is 12.3. The van der Waals surface area contributed by atoms with Gasteiger partial charge in [0, 0.05) is 5.56 Å². The summed E-state index contributed by atoms with van der Waals surface area (Å²) in [7, 11) is 1.59. The SMILES string of the molecule is COc1ccccc1CC(=O)NC1(c2ccc(F)cc2)CC1. The normalized spacial score (nSPS) is 15.2. The molecule has 1 N–H and O–H groups in total. The maximum Gasteiger partial charge on any atom is 0.225 e. The number of nitrogens with one attached hydrogen (secondary N) is 1. The van der Waals surface area contributed by atoms with E-state index < -0.39 is 0 Å². The van der Waals surface area contributed by atoms with Gasteiger partial charge < -0.3 is 10.1 Å². The van der Waals surface area contributed by atoms with Crippen molar-refractivity contribution < 1.29 is 13.9 Å². The summed E-state index contributed by atoms with van der Waals surface area (Å²) < 4.78 is 18.3. The van der Waals surface area contributed by atoms with Crippen LogP contribution in [0.25, 0.3) is 0 Å². The van der Waals surface area contributed by atoms with E-state index in [1.165, 1.54) is 12.1 Å². The number of halogens is 1. The summed E-state index contributed by atoms with van der Waals surface area (Å²) in [5.74, 6) is 0.399. The van der Waals surface area contributed by atoms with Crippen LogP contribution < -0.4 is 10.1 Å². The van der Waals surface area contributed by atoms with Gasteiger partial charge in [-0.1, -0.05) is 30.3 Å². The molecule has 0 aliphatic heterocycles. The molecule has 1 amide bonds. The molecule has 0 heterocycles. The summed E-state index contributed by atoms with van der Waals surface area (Å²) in [6.45, 7) is 0. The Labute approximate surface area is 129 Å². The van der Waals surface area contributed by atoms with E-state index in [4.69, 9.17) is 4.74 Å². The van der Waals surface area contributed by atoms with Crippen molar-refractivity contribution in [3.05, 3.63) is 65.5 Å². The first kappa shape index (κ1) is 14.6. The molecule has 3 rings (SSSR count). The molecular weight excluding hydrogens is 281 g/mol. The first-order chi connectivity index (χ1) is 10.6. The number of amides is 1. The highest BCUT2D eigenvalue weighted by Gasteiger charge is 2.45. The Morgan fingerprint density at radius 3 is 2.50 bits per heavy atom. The minimum absolute atomic E-state index is 0.0497. The van der Waals surface area contributed by atoms with Gasteiger partial charge in [0.1, 0.15) is 11.6 Å². The van der Waals surface area contributed by atoms with E-state index in [-0.39, 0.29) is 23.7 Å². The van der Waals surface area contributed by atoms with Gasteiger partial charge in [-0.05, 0) is 36.6 Å². The van der Waals surface area contributed by atoms with E-state index in [1.807, 2.05) is 24.3 Å². The number of carbonyl (C=O) groups is 1. The molecular formula is C18H18FNO2. The van der Waals surface area contributed by atoms with Gasteiger partial charge >= 0.3 is 0 Å². The summed E-state index contributed by atoms with van der Waals surface area (Å²) in [5.41, 5.74) is 1.49. The van der Waals surface area contributed by atoms with E-state index >= 15 is 0 Å². The molecule has 0 unspecified atom stereocenters. The van der Waals surface area contributed by atoms with Crippen LogP contribution in [0.15, 0.2) is 48.5 Å². The summed E-state index contributed by atoms with van der Waals surface area (Å²) >= 11 is 0. The van der Waals surface area contributed by atoms with Gasteiger partial charge in [-0.3, -0.25) is 4.79 Å². The third-order valence-electron chi connectivity index (χ3n) is 4.07. The predicted octanol–water partition coefficient (Wildman–Crippen LogP) is 3.18. The fourth-order valence-electron chi connectivity index (χ4n) is 2.71. The highest BCUT2D eigenvalue weighted by Crippen LogP contribution is 2.45. The summed E-state index contributed by atoms with van der Waals surface area (Å²) in [6, 6.07) is 13.8. The second kappa shape index (κ2) is 5.79. The second-order valence-corrected chi connectivity index (χ2v) is 5.63. The van der Waals surface area contributed by atoms with E-state index in [0.29, 0.717) is 5.75 Å². The smallest absolute Gasteiger partial charge is 0.225 e. The Balaban J connectivity index is 1.70. The quantitative estimate of drug-likeness (QED) is 0.921. The van der Waals surface area contributed by atoms with Gasteiger partial charge in [0.05, 0.1) is 19.1 Å². The van der Waals surface area contributed by atoms with Gasteiger partial charge in [-0.2, -0.15) is 0 Å². The van der Waals surface area contributed by atoms with Crippen molar-refractivity contribution in [2.75, 3.05) is 7.11 Å². The van der Waals surface area contributed by atoms with E-state index in [1.54, 1.807) is 19.2 Å². The average Bonchev–Trinajstić information content (AvgIpc) is 3.29. The molecule has 2 aromatic rings. The molecule has 0 bridgehead atoms. The molecule has 0 atom stereocenters. The molecule has 2 aromatic carbocycles. The molecule has 0 aromatic heterocycles. The maximum atomic E-state index is 13.0. The number of hydrogen-bond donors (Lipinski definition) is 1. The lowest BCUT2D eigenvalue weighted by atomic mass is 10.0. The largest absolute Gasteiger partial charge is 0.496 e. The zero-order valence-electron chi connectivity index (χ0n) is 12.4. The Kier molecular flexibility index (Phi) is 3.84. The zero-order chi connectivity index (χ0) is 15.6. The Bertz CT molecular complexity index is 678. The fraction of sp³-hybridized carbons (Fsp3) is 0.278. The minimum atomic E-state index is -0.327. The molecule has 1 aliphatic rings. The third-order valence-corrected chi connectivity index (χ3v) is 4.07. The van der Waals surface area contributed by atoms with Crippen molar-refractivity contribution in [1.82, 2.24) is 5.32 Å². The van der Waals surface area contributed by atoms with E-state index in [9.17, 15) is 9.18 Å². The number of rotatable bonds is 5. The van der Waals surface area contributed by atoms with Crippen LogP contribution in [0, 0.1) is 5.82 Å². The van der Waals surface area contributed by atoms with Crippen LogP contribution in [-0.4, -0.2) is 13.0 Å². The lowest BCUT2D eigenvalue weighted by Crippen LogP contribution is -2.35. The highest BCUT2D eigenvalue weighted by molar-refractivity contribution is 5.80. The molecule has 1 aliphatic carbocycles. The molecule has 1 fully saturated rings. The van der Waals surface area contributed by atoms with Crippen LogP contribution in [0.4, 0.5) is 4.39 Å². The van der Waals surface area contributed by atoms with Gasteiger partial charge in [0.25, 0.3) is 0 Å². The molecule has 22 heavy (non-hydrogen) atoms. The first-order valence-corrected chi connectivity index (χ1v) is 7.32. The maximum absolute atomic E-state index is 13.0. The standard InChI is InChI=1S/C18H18FNO2/c1-22-16-5-3-2-4-13(16)12-17(21)20-18(10-11-18)14-6-8-15(19)9-7-14/h2-9H,10-12H2,1H3,(H,20,21). The number of hydrogen-bond acceptors (Lipinski definition) is 2. The lowest BCUT2D eigenvalue weighted by molar-refractivity contribution is -0.121. The Morgan fingerprint density at radius 1 is 1.18 bits per heavy atom. The molecule has 0 radical (unpaired) electrons. The minimum Gasteiger partial charge on any atom is -0.496 e. The highest BCUT2D eigenvalue weighted by atomic mass is 19.1. The zero-order valence-corrected chi connectivity index (χ0v) is 12.4. The van der Waals surface area contributed by atoms with Gasteiger partial charge in [0.2, 0.25) is 5.91 Å². The second-order valence-electron chi connectivity index (χ2n) is 5.63. The Morgan fingerprint density at radius 2 is 1.86 bits per heavy atom. The molecule has 0 saturated heterocycles. The molecule has 3 nitrogen and oxygen atoms in total. The van der Waals surface area contributed by atoms with Crippen LogP contribution in [-0.2, 0) is 16.8 Å². The molecule has 0 spiro atoms. The monoisotopic (exact) mass is 299 g/mol. The lowest BCUT2D eigenvalue weighted by Gasteiger charge is -2.18. The van der Waals surface area contributed by atoms with Crippen molar-refractivity contribution in [2.24, 2.45) is 0 Å². The van der Waals surface area contributed by atoms with Crippen molar-refractivity contribution in [1.29, 1.82) is 0 Å². The molecule has 114 valence electrons. The molecule has 4 heteroatoms. The van der Waals surface area contributed by atoms with Crippen molar-refractivity contribution in [3.8, 4) is 5.75 Å². The van der Waals surface area contributed by atoms with Crippen molar-refractivity contribution >= 4 is 5.91 Å². The van der Waals surface area contributed by atoms with Crippen molar-refractivity contribution in [3.63, 3.8) is 0 Å². The van der Waals surface area contributed by atoms with E-state index in [0.717, 1.165) is 24.0 Å². The molecule has 1 saturated carbocycles. The van der Waals surface area contributed by atoms with Gasteiger partial charge in [0.15, 0.2) is 0 Å². The van der Waals surface area contributed by atoms with Crippen LogP contribution in [0.1, 0.15) is 24.0 Å². The third kappa shape index (κ3) is 2.96. The number of benzene rings is 2. The first-order valence-electron chi connectivity index (χ1n) is 7.32. The topological polar surface area (TPSA) is 38.3 Å². The van der Waals surface area contributed by atoms with Crippen LogP contribution >= 0.6 is 0 Å². The van der Waals surface area contributed by atoms with Gasteiger partial charge in [-0.15, -0.1) is 0 Å². The van der Waals surface area contributed by atoms with Crippen LogP contribution in [0.3, 0.4) is 0 Å². The van der Waals surface area contributed by atoms with Crippen molar-refractivity contribution in [2.45, 2.75) is 24.8 Å². The fourth-order valence-corrected chi connectivity index (χ4v) is 2.71. The van der Waals surface area contributed by atoms with Gasteiger partial charge in [-0.25, -0.2) is 4.39 Å². The number of ether oxygens (including phenoxy) is 1. The van der Waals surface area contributed by atoms with Crippen LogP contribution in [0.2, 0.25) is 0 Å². The predicted molar refractivity (Wildman–Crippen MR) is 82.2 cm³/mol. The van der Waals surface area contributed by atoms with Crippen LogP contribution in [0.5, 0.6) is 5.75 Å². The van der Waals surface area contributed by atoms with E-state index in [2.05, 4.69) is 5.32 Å². The Hall–Kier alpha value is -2.36. The average molecular weight is 299 g/mol. The number of methoxy groups -OCH3 is 1. The number of carbonyl (C=O) groups excluding carboxylic acids is 1.